The molecule has 0 saturated carbocycles. The minimum atomic E-state index is -1.55. The molecular formula is C19H31NO10. The molecule has 0 aliphatic carbocycles. The normalized spacial score (nSPS) is 14.8. The van der Waals surface area contributed by atoms with Crippen molar-refractivity contribution in [1.82, 2.24) is 5.32 Å². The first-order valence-electron chi connectivity index (χ1n) is 8.85. The third-order valence-corrected chi connectivity index (χ3v) is 3.84. The standard InChI is InChI=1S/C12H14O5.C7H17NO5/c1-15-9-6-8(4-5-11(13)14)7-10(16-2)12(9)17-3;1-8-2-4(10)6(12)7(13)5(11)3-9/h4-7H,1-3H3,(H,13,14);4-13H,2-3H2,1H3/t;4-,5+,6+,7+/m.0/s1. The zero-order valence-electron chi connectivity index (χ0n) is 17.3. The van der Waals surface area contributed by atoms with E-state index in [1.165, 1.54) is 27.4 Å². The molecule has 7 N–H and O–H groups in total. The Hall–Kier alpha value is -2.41. The predicted octanol–water partition coefficient (Wildman–Crippen LogP) is -1.55. The van der Waals surface area contributed by atoms with Crippen molar-refractivity contribution in [2.75, 3.05) is 41.5 Å². The molecule has 4 atom stereocenters. The summed E-state index contributed by atoms with van der Waals surface area (Å²) in [4.78, 5) is 10.4. The third kappa shape index (κ3) is 8.95. The number of hydrogen-bond acceptors (Lipinski definition) is 10. The van der Waals surface area contributed by atoms with Crippen molar-refractivity contribution < 1.29 is 49.6 Å². The molecular weight excluding hydrogens is 402 g/mol. The maximum absolute atomic E-state index is 10.4. The van der Waals surface area contributed by atoms with E-state index < -0.39 is 37.0 Å². The molecule has 11 heteroatoms. The van der Waals surface area contributed by atoms with Crippen LogP contribution in [0.5, 0.6) is 17.2 Å². The van der Waals surface area contributed by atoms with Gasteiger partial charge in [-0.1, -0.05) is 0 Å². The van der Waals surface area contributed by atoms with Crippen LogP contribution in [0.3, 0.4) is 0 Å². The molecule has 1 aromatic rings. The maximum Gasteiger partial charge on any atom is 0.328 e. The molecule has 0 radical (unpaired) electrons. The Kier molecular flexibility index (Phi) is 13.4. The highest BCUT2D eigenvalue weighted by atomic mass is 16.5. The molecule has 0 bridgehead atoms. The highest BCUT2D eigenvalue weighted by molar-refractivity contribution is 5.85. The molecule has 0 aliphatic rings. The van der Waals surface area contributed by atoms with Crippen LogP contribution in [0.2, 0.25) is 0 Å². The smallest absolute Gasteiger partial charge is 0.328 e. The lowest BCUT2D eigenvalue weighted by Gasteiger charge is -2.25. The van der Waals surface area contributed by atoms with Gasteiger partial charge < -0.3 is 50.2 Å². The van der Waals surface area contributed by atoms with Gasteiger partial charge in [0.25, 0.3) is 0 Å². The largest absolute Gasteiger partial charge is 0.493 e. The van der Waals surface area contributed by atoms with Crippen molar-refractivity contribution in [2.24, 2.45) is 0 Å². The van der Waals surface area contributed by atoms with Gasteiger partial charge in [-0.3, -0.25) is 0 Å². The molecule has 0 spiro atoms. The van der Waals surface area contributed by atoms with Gasteiger partial charge >= 0.3 is 5.97 Å². The number of aliphatic hydroxyl groups is 5. The number of carbonyl (C=O) groups is 1. The van der Waals surface area contributed by atoms with Crippen molar-refractivity contribution >= 4 is 12.0 Å². The van der Waals surface area contributed by atoms with Gasteiger partial charge in [-0.25, -0.2) is 4.79 Å². The van der Waals surface area contributed by atoms with Gasteiger partial charge in [0.15, 0.2) is 11.5 Å². The zero-order chi connectivity index (χ0) is 23.3. The number of carboxylic acid groups (broad SMARTS) is 1. The summed E-state index contributed by atoms with van der Waals surface area (Å²) >= 11 is 0. The molecule has 0 amide bonds. The quantitative estimate of drug-likeness (QED) is 0.201. The summed E-state index contributed by atoms with van der Waals surface area (Å²) in [6.07, 6.45) is -3.15. The highest BCUT2D eigenvalue weighted by Crippen LogP contribution is 2.38. The lowest BCUT2D eigenvalue weighted by Crippen LogP contribution is -2.48. The van der Waals surface area contributed by atoms with E-state index >= 15 is 0 Å². The van der Waals surface area contributed by atoms with Crippen LogP contribution in [-0.2, 0) is 4.79 Å². The molecule has 0 unspecified atom stereocenters. The topological polar surface area (TPSA) is 178 Å². The Bertz CT molecular complexity index is 642. The van der Waals surface area contributed by atoms with Gasteiger partial charge in [-0.15, -0.1) is 0 Å². The van der Waals surface area contributed by atoms with Gasteiger partial charge in [0, 0.05) is 12.6 Å². The van der Waals surface area contributed by atoms with Crippen LogP contribution in [0.4, 0.5) is 0 Å². The summed E-state index contributed by atoms with van der Waals surface area (Å²) in [5.41, 5.74) is 0.655. The molecule has 172 valence electrons. The minimum absolute atomic E-state index is 0.0936. The van der Waals surface area contributed by atoms with Gasteiger partial charge in [0.05, 0.1) is 34.0 Å². The van der Waals surface area contributed by atoms with Crippen LogP contribution in [0.1, 0.15) is 5.56 Å². The number of methoxy groups -OCH3 is 3. The highest BCUT2D eigenvalue weighted by Gasteiger charge is 2.29. The van der Waals surface area contributed by atoms with E-state index in [0.29, 0.717) is 22.8 Å². The molecule has 0 aromatic heterocycles. The molecule has 0 saturated heterocycles. The lowest BCUT2D eigenvalue weighted by atomic mass is 10.0. The predicted molar refractivity (Wildman–Crippen MR) is 108 cm³/mol. The van der Waals surface area contributed by atoms with Crippen LogP contribution in [-0.4, -0.2) is 103 Å². The average Bonchev–Trinajstić information content (AvgIpc) is 2.75. The van der Waals surface area contributed by atoms with E-state index in [-0.39, 0.29) is 6.54 Å². The first kappa shape index (κ1) is 27.6. The van der Waals surface area contributed by atoms with E-state index in [1.807, 2.05) is 0 Å². The number of ether oxygens (including phenoxy) is 3. The van der Waals surface area contributed by atoms with Crippen LogP contribution < -0.4 is 19.5 Å². The number of likely N-dealkylation sites (N-methyl/N-ethyl adjacent to an activating group) is 1. The Morgan fingerprint density at radius 2 is 1.50 bits per heavy atom. The number of aliphatic hydroxyl groups excluding tert-OH is 5. The maximum atomic E-state index is 10.4. The van der Waals surface area contributed by atoms with Crippen molar-refractivity contribution in [2.45, 2.75) is 24.4 Å². The Labute approximate surface area is 174 Å². The van der Waals surface area contributed by atoms with Crippen molar-refractivity contribution in [1.29, 1.82) is 0 Å². The first-order valence-corrected chi connectivity index (χ1v) is 8.85. The van der Waals surface area contributed by atoms with Gasteiger partial charge in [-0.05, 0) is 30.8 Å². The number of aliphatic carboxylic acids is 1. The summed E-state index contributed by atoms with van der Waals surface area (Å²) in [6, 6.07) is 3.33. The summed E-state index contributed by atoms with van der Waals surface area (Å²) in [5, 5.41) is 56.0. The lowest BCUT2D eigenvalue weighted by molar-refractivity contribution is -0.131. The Balaban J connectivity index is 0.000000584. The van der Waals surface area contributed by atoms with E-state index in [0.717, 1.165) is 6.08 Å². The number of carboxylic acids is 1. The zero-order valence-corrected chi connectivity index (χ0v) is 17.3. The monoisotopic (exact) mass is 433 g/mol. The fourth-order valence-corrected chi connectivity index (χ4v) is 2.26. The van der Waals surface area contributed by atoms with Crippen LogP contribution in [0, 0.1) is 0 Å². The van der Waals surface area contributed by atoms with Crippen LogP contribution in [0.15, 0.2) is 18.2 Å². The molecule has 0 heterocycles. The van der Waals surface area contributed by atoms with Crippen molar-refractivity contribution in [3.8, 4) is 17.2 Å². The number of rotatable bonds is 11. The fraction of sp³-hybridized carbons (Fsp3) is 0.526. The molecule has 1 aromatic carbocycles. The SMILES string of the molecule is CNC[C@H](O)[C@@H](O)[C@H](O)[C@H](O)CO.COc1cc(C=CC(=O)O)cc(OC)c1OC. The third-order valence-electron chi connectivity index (χ3n) is 3.84. The van der Waals surface area contributed by atoms with E-state index in [1.54, 1.807) is 19.2 Å². The fourth-order valence-electron chi connectivity index (χ4n) is 2.26. The van der Waals surface area contributed by atoms with Gasteiger partial charge in [0.2, 0.25) is 5.75 Å². The molecule has 0 fully saturated rings. The number of nitrogens with one attached hydrogen (secondary N) is 1. The van der Waals surface area contributed by atoms with Crippen molar-refractivity contribution in [3.05, 3.63) is 23.8 Å². The van der Waals surface area contributed by atoms with Crippen molar-refractivity contribution in [3.63, 3.8) is 0 Å². The first-order chi connectivity index (χ1) is 14.2. The number of benzene rings is 1. The summed E-state index contributed by atoms with van der Waals surface area (Å²) in [7, 11) is 6.09. The minimum Gasteiger partial charge on any atom is -0.493 e. The second kappa shape index (κ2) is 14.6. The van der Waals surface area contributed by atoms with Crippen LogP contribution in [0.25, 0.3) is 6.08 Å². The summed E-state index contributed by atoms with van der Waals surface area (Å²) in [5.74, 6) is 0.426. The Morgan fingerprint density at radius 1 is 1.00 bits per heavy atom. The van der Waals surface area contributed by atoms with E-state index in [2.05, 4.69) is 5.32 Å². The van der Waals surface area contributed by atoms with Gasteiger partial charge in [-0.2, -0.15) is 0 Å². The molecule has 1 rings (SSSR count). The average molecular weight is 433 g/mol. The van der Waals surface area contributed by atoms with E-state index in [4.69, 9.17) is 39.7 Å². The second-order valence-electron chi connectivity index (χ2n) is 5.99. The second-order valence-corrected chi connectivity index (χ2v) is 5.99. The van der Waals surface area contributed by atoms with Crippen LogP contribution >= 0.6 is 0 Å². The molecule has 11 nitrogen and oxygen atoms in total. The summed E-state index contributed by atoms with van der Waals surface area (Å²) in [6.45, 7) is -0.569. The molecule has 30 heavy (non-hydrogen) atoms. The number of hydrogen-bond donors (Lipinski definition) is 7. The Morgan fingerprint density at radius 3 is 1.87 bits per heavy atom. The summed E-state index contributed by atoms with van der Waals surface area (Å²) < 4.78 is 15.4. The van der Waals surface area contributed by atoms with E-state index in [9.17, 15) is 9.90 Å². The van der Waals surface area contributed by atoms with Gasteiger partial charge in [0.1, 0.15) is 18.3 Å². The molecule has 0 aliphatic heterocycles.